The first-order valence-corrected chi connectivity index (χ1v) is 4.96. The van der Waals surface area contributed by atoms with E-state index in [2.05, 4.69) is 48.7 Å². The van der Waals surface area contributed by atoms with Crippen LogP contribution in [0.15, 0.2) is 34.0 Å². The van der Waals surface area contributed by atoms with Crippen molar-refractivity contribution in [2.75, 3.05) is 5.32 Å². The average Bonchev–Trinajstić information content (AvgIpc) is 2.11. The first kappa shape index (κ1) is 10.4. The molecule has 1 amide bonds. The average molecular weight is 306 g/mol. The monoisotopic (exact) mass is 304 g/mol. The molecule has 1 aromatic heterocycles. The number of pyridine rings is 1. The zero-order chi connectivity index (χ0) is 9.84. The Bertz CT molecular complexity index is 352. The summed E-state index contributed by atoms with van der Waals surface area (Å²) in [5.41, 5.74) is 0.610. The molecule has 0 atom stereocenters. The van der Waals surface area contributed by atoms with E-state index in [1.54, 1.807) is 12.3 Å². The Balaban J connectivity index is 2.93. The normalized spacial score (nSPS) is 9.38. The lowest BCUT2D eigenvalue weighted by molar-refractivity contribution is -0.111. The summed E-state index contributed by atoms with van der Waals surface area (Å²) in [5, 5.41) is 2.60. The van der Waals surface area contributed by atoms with Gasteiger partial charge in [0.1, 0.15) is 4.60 Å². The van der Waals surface area contributed by atoms with E-state index in [0.717, 1.165) is 4.47 Å². The fourth-order valence-corrected chi connectivity index (χ4v) is 1.34. The van der Waals surface area contributed by atoms with Gasteiger partial charge in [0.15, 0.2) is 0 Å². The Morgan fingerprint density at radius 2 is 2.31 bits per heavy atom. The van der Waals surface area contributed by atoms with Crippen LogP contribution < -0.4 is 5.32 Å². The van der Waals surface area contributed by atoms with Crippen molar-refractivity contribution >= 4 is 43.5 Å². The molecule has 0 unspecified atom stereocenters. The number of carbonyl (C=O) groups excluding carboxylic acids is 1. The third kappa shape index (κ3) is 2.93. The van der Waals surface area contributed by atoms with Gasteiger partial charge < -0.3 is 5.32 Å². The molecule has 0 aliphatic heterocycles. The van der Waals surface area contributed by atoms with Crippen molar-refractivity contribution in [3.05, 3.63) is 34.0 Å². The SMILES string of the molecule is C=CC(=O)Nc1cc(Br)cnc1Br. The molecule has 1 aromatic rings. The van der Waals surface area contributed by atoms with Gasteiger partial charge >= 0.3 is 0 Å². The molecule has 3 nitrogen and oxygen atoms in total. The van der Waals surface area contributed by atoms with Gasteiger partial charge in [-0.2, -0.15) is 0 Å². The molecular formula is C8H6Br2N2O. The van der Waals surface area contributed by atoms with Crippen molar-refractivity contribution in [2.24, 2.45) is 0 Å². The van der Waals surface area contributed by atoms with E-state index in [9.17, 15) is 4.79 Å². The van der Waals surface area contributed by atoms with Crippen LogP contribution in [0.3, 0.4) is 0 Å². The fourth-order valence-electron chi connectivity index (χ4n) is 0.694. The summed E-state index contributed by atoms with van der Waals surface area (Å²) in [6.07, 6.45) is 2.83. The van der Waals surface area contributed by atoms with Crippen LogP contribution in [0.25, 0.3) is 0 Å². The first-order valence-electron chi connectivity index (χ1n) is 3.38. The topological polar surface area (TPSA) is 42.0 Å². The summed E-state index contributed by atoms with van der Waals surface area (Å²) < 4.78 is 1.39. The predicted octanol–water partition coefficient (Wildman–Crippen LogP) is 2.73. The predicted molar refractivity (Wildman–Crippen MR) is 58.5 cm³/mol. The Labute approximate surface area is 92.5 Å². The Morgan fingerprint density at radius 3 is 2.92 bits per heavy atom. The van der Waals surface area contributed by atoms with E-state index >= 15 is 0 Å². The number of nitrogens with one attached hydrogen (secondary N) is 1. The summed E-state index contributed by atoms with van der Waals surface area (Å²) in [6, 6.07) is 1.75. The van der Waals surface area contributed by atoms with Crippen molar-refractivity contribution in [3.63, 3.8) is 0 Å². The number of rotatable bonds is 2. The second kappa shape index (κ2) is 4.53. The third-order valence-corrected chi connectivity index (χ3v) is 2.31. The van der Waals surface area contributed by atoms with Crippen LogP contribution in [-0.4, -0.2) is 10.9 Å². The lowest BCUT2D eigenvalue weighted by Gasteiger charge is -2.03. The van der Waals surface area contributed by atoms with Crippen molar-refractivity contribution in [2.45, 2.75) is 0 Å². The van der Waals surface area contributed by atoms with Gasteiger partial charge in [-0.15, -0.1) is 0 Å². The van der Waals surface area contributed by atoms with E-state index in [1.165, 1.54) is 6.08 Å². The number of hydrogen-bond acceptors (Lipinski definition) is 2. The highest BCUT2D eigenvalue weighted by Gasteiger charge is 2.03. The number of anilines is 1. The quantitative estimate of drug-likeness (QED) is 0.674. The third-order valence-electron chi connectivity index (χ3n) is 1.25. The summed E-state index contributed by atoms with van der Waals surface area (Å²) in [7, 11) is 0. The van der Waals surface area contributed by atoms with Gasteiger partial charge in [0.05, 0.1) is 5.69 Å². The molecule has 0 spiro atoms. The van der Waals surface area contributed by atoms with E-state index in [4.69, 9.17) is 0 Å². The Hall–Kier alpha value is -0.680. The van der Waals surface area contributed by atoms with Crippen LogP contribution in [0.1, 0.15) is 0 Å². The molecule has 0 aliphatic rings. The second-order valence-electron chi connectivity index (χ2n) is 2.19. The summed E-state index contributed by atoms with van der Waals surface area (Å²) in [5.74, 6) is -0.263. The summed E-state index contributed by atoms with van der Waals surface area (Å²) in [6.45, 7) is 3.35. The number of nitrogens with zero attached hydrogens (tertiary/aromatic N) is 1. The molecule has 13 heavy (non-hydrogen) atoms. The zero-order valence-corrected chi connectivity index (χ0v) is 9.72. The molecule has 68 valence electrons. The number of halogens is 2. The minimum atomic E-state index is -0.263. The van der Waals surface area contributed by atoms with Crippen molar-refractivity contribution in [3.8, 4) is 0 Å². The smallest absolute Gasteiger partial charge is 0.247 e. The highest BCUT2D eigenvalue weighted by atomic mass is 79.9. The molecule has 0 aromatic carbocycles. The lowest BCUT2D eigenvalue weighted by Crippen LogP contribution is -2.08. The number of carbonyl (C=O) groups is 1. The molecule has 0 aliphatic carbocycles. The van der Waals surface area contributed by atoms with E-state index < -0.39 is 0 Å². The highest BCUT2D eigenvalue weighted by Crippen LogP contribution is 2.23. The van der Waals surface area contributed by atoms with Crippen LogP contribution in [0, 0.1) is 0 Å². The standard InChI is InChI=1S/C8H6Br2N2O/c1-2-7(13)12-6-3-5(9)4-11-8(6)10/h2-4H,1H2,(H,12,13). The maximum atomic E-state index is 11.0. The molecule has 5 heteroatoms. The van der Waals surface area contributed by atoms with Gasteiger partial charge in [0, 0.05) is 10.7 Å². The number of aromatic nitrogens is 1. The van der Waals surface area contributed by atoms with Crippen LogP contribution in [0.5, 0.6) is 0 Å². The molecule has 0 saturated heterocycles. The van der Waals surface area contributed by atoms with E-state index in [0.29, 0.717) is 10.3 Å². The van der Waals surface area contributed by atoms with Crippen molar-refractivity contribution in [1.29, 1.82) is 0 Å². The van der Waals surface area contributed by atoms with Gasteiger partial charge in [-0.1, -0.05) is 6.58 Å². The minimum Gasteiger partial charge on any atom is -0.320 e. The van der Waals surface area contributed by atoms with Crippen LogP contribution >= 0.6 is 31.9 Å². The lowest BCUT2D eigenvalue weighted by atomic mass is 10.4. The largest absolute Gasteiger partial charge is 0.320 e. The molecular weight excluding hydrogens is 300 g/mol. The van der Waals surface area contributed by atoms with Gasteiger partial charge in [0.25, 0.3) is 0 Å². The van der Waals surface area contributed by atoms with Gasteiger partial charge in [-0.05, 0) is 44.0 Å². The maximum Gasteiger partial charge on any atom is 0.247 e. The van der Waals surface area contributed by atoms with Crippen LogP contribution in [0.2, 0.25) is 0 Å². The first-order chi connectivity index (χ1) is 6.13. The van der Waals surface area contributed by atoms with Crippen LogP contribution in [-0.2, 0) is 4.79 Å². The zero-order valence-electron chi connectivity index (χ0n) is 6.55. The second-order valence-corrected chi connectivity index (χ2v) is 3.85. The molecule has 1 N–H and O–H groups in total. The number of hydrogen-bond donors (Lipinski definition) is 1. The van der Waals surface area contributed by atoms with E-state index in [1.807, 2.05) is 0 Å². The maximum absolute atomic E-state index is 11.0. The van der Waals surface area contributed by atoms with Crippen molar-refractivity contribution in [1.82, 2.24) is 4.98 Å². The van der Waals surface area contributed by atoms with Gasteiger partial charge in [0.2, 0.25) is 5.91 Å². The van der Waals surface area contributed by atoms with Gasteiger partial charge in [-0.3, -0.25) is 4.79 Å². The number of amides is 1. The molecule has 1 heterocycles. The molecule has 1 rings (SSSR count). The Morgan fingerprint density at radius 1 is 1.62 bits per heavy atom. The Kier molecular flexibility index (Phi) is 3.62. The van der Waals surface area contributed by atoms with Crippen molar-refractivity contribution < 1.29 is 4.79 Å². The fraction of sp³-hybridized carbons (Fsp3) is 0. The summed E-state index contributed by atoms with van der Waals surface area (Å²) >= 11 is 6.45. The molecule has 0 fully saturated rings. The highest BCUT2D eigenvalue weighted by molar-refractivity contribution is 9.11. The molecule has 0 bridgehead atoms. The molecule has 0 saturated carbocycles. The van der Waals surface area contributed by atoms with Gasteiger partial charge in [-0.25, -0.2) is 4.98 Å². The summed E-state index contributed by atoms with van der Waals surface area (Å²) in [4.78, 5) is 14.9. The minimum absolute atomic E-state index is 0.263. The van der Waals surface area contributed by atoms with E-state index in [-0.39, 0.29) is 5.91 Å². The molecule has 0 radical (unpaired) electrons. The van der Waals surface area contributed by atoms with Crippen LogP contribution in [0.4, 0.5) is 5.69 Å².